The van der Waals surface area contributed by atoms with Crippen molar-refractivity contribution in [2.45, 2.75) is 13.5 Å². The first-order valence-electron chi connectivity index (χ1n) is 7.75. The van der Waals surface area contributed by atoms with Crippen LogP contribution in [0.3, 0.4) is 0 Å². The van der Waals surface area contributed by atoms with E-state index in [1.54, 1.807) is 12.3 Å². The molecule has 3 heterocycles. The van der Waals surface area contributed by atoms with Gasteiger partial charge in [0.25, 0.3) is 5.56 Å². The van der Waals surface area contributed by atoms with Crippen molar-refractivity contribution in [3.05, 3.63) is 69.5 Å². The lowest BCUT2D eigenvalue weighted by Gasteiger charge is -2.09. The van der Waals surface area contributed by atoms with E-state index in [0.29, 0.717) is 33.8 Å². The van der Waals surface area contributed by atoms with E-state index in [1.165, 1.54) is 23.0 Å². The second-order valence-electron chi connectivity index (χ2n) is 5.55. The van der Waals surface area contributed by atoms with Crippen molar-refractivity contribution in [1.29, 1.82) is 0 Å². The smallest absolute Gasteiger partial charge is 0.276 e. The maximum atomic E-state index is 12.3. The summed E-state index contributed by atoms with van der Waals surface area (Å²) in [5, 5.41) is 4.79. The zero-order chi connectivity index (χ0) is 18.1. The van der Waals surface area contributed by atoms with Gasteiger partial charge in [-0.15, -0.1) is 5.10 Å². The zero-order valence-electron chi connectivity index (χ0n) is 13.7. The second kappa shape index (κ2) is 6.57. The summed E-state index contributed by atoms with van der Waals surface area (Å²) in [7, 11) is 0. The lowest BCUT2D eigenvalue weighted by molar-refractivity contribution is 0.299. The molecule has 0 saturated heterocycles. The summed E-state index contributed by atoms with van der Waals surface area (Å²) < 4.78 is 6.94. The lowest BCUT2D eigenvalue weighted by Crippen LogP contribution is -2.16. The largest absolute Gasteiger partial charge is 0.487 e. The third kappa shape index (κ3) is 3.02. The number of hydrogen-bond acceptors (Lipinski definition) is 6. The molecule has 3 aromatic heterocycles. The Hall–Kier alpha value is -3.26. The van der Waals surface area contributed by atoms with E-state index < -0.39 is 0 Å². The van der Waals surface area contributed by atoms with Crippen molar-refractivity contribution in [2.75, 3.05) is 0 Å². The molecule has 0 fully saturated rings. The van der Waals surface area contributed by atoms with Crippen LogP contribution >= 0.6 is 11.6 Å². The van der Waals surface area contributed by atoms with Crippen LogP contribution in [0.4, 0.5) is 0 Å². The third-order valence-corrected chi connectivity index (χ3v) is 4.19. The van der Waals surface area contributed by atoms with Gasteiger partial charge in [-0.25, -0.2) is 4.98 Å². The van der Waals surface area contributed by atoms with Gasteiger partial charge in [-0.05, 0) is 19.1 Å². The highest BCUT2D eigenvalue weighted by Crippen LogP contribution is 2.25. The summed E-state index contributed by atoms with van der Waals surface area (Å²) in [5.74, 6) is 1.27. The standard InChI is InChI=1S/C17H13ClN6O2/c1-10-12(18)3-2-4-14(10)26-9-11-7-15(25)24-17(21-11)22-16(23-24)13-8-19-5-6-20-13/h2-8H,9H2,1H3,(H,21,22,23). The molecule has 1 aromatic carbocycles. The number of rotatable bonds is 4. The molecule has 0 radical (unpaired) electrons. The third-order valence-electron chi connectivity index (χ3n) is 3.78. The second-order valence-corrected chi connectivity index (χ2v) is 5.95. The number of benzene rings is 1. The molecule has 0 spiro atoms. The molecule has 0 bridgehead atoms. The molecule has 9 heteroatoms. The summed E-state index contributed by atoms with van der Waals surface area (Å²) in [4.78, 5) is 27.8. The minimum absolute atomic E-state index is 0.167. The fourth-order valence-electron chi connectivity index (χ4n) is 2.44. The van der Waals surface area contributed by atoms with Crippen LogP contribution in [0.1, 0.15) is 11.3 Å². The Bertz CT molecular complexity index is 1140. The molecule has 0 aliphatic carbocycles. The predicted molar refractivity (Wildman–Crippen MR) is 95.2 cm³/mol. The van der Waals surface area contributed by atoms with Crippen LogP contribution < -0.4 is 10.3 Å². The summed E-state index contributed by atoms with van der Waals surface area (Å²) in [6.45, 7) is 2.04. The van der Waals surface area contributed by atoms with Gasteiger partial charge in [0.2, 0.25) is 11.6 Å². The van der Waals surface area contributed by atoms with Gasteiger partial charge in [-0.1, -0.05) is 17.7 Å². The van der Waals surface area contributed by atoms with E-state index in [4.69, 9.17) is 16.3 Å². The average Bonchev–Trinajstić information content (AvgIpc) is 3.08. The van der Waals surface area contributed by atoms with Crippen molar-refractivity contribution >= 4 is 17.4 Å². The van der Waals surface area contributed by atoms with E-state index in [9.17, 15) is 4.79 Å². The molecule has 4 aromatic rings. The lowest BCUT2D eigenvalue weighted by atomic mass is 10.2. The van der Waals surface area contributed by atoms with Gasteiger partial charge in [-0.2, -0.15) is 9.50 Å². The quantitative estimate of drug-likeness (QED) is 0.594. The van der Waals surface area contributed by atoms with E-state index in [0.717, 1.165) is 5.56 Å². The number of ether oxygens (including phenoxy) is 1. The van der Waals surface area contributed by atoms with Gasteiger partial charge < -0.3 is 9.72 Å². The monoisotopic (exact) mass is 368 g/mol. The molecule has 0 aliphatic rings. The Morgan fingerprint density at radius 1 is 1.31 bits per heavy atom. The normalized spacial score (nSPS) is 11.0. The number of nitrogens with one attached hydrogen (secondary N) is 1. The first-order chi connectivity index (χ1) is 12.6. The number of aromatic amines is 1. The van der Waals surface area contributed by atoms with Gasteiger partial charge >= 0.3 is 0 Å². The summed E-state index contributed by atoms with van der Waals surface area (Å²) in [6, 6.07) is 6.84. The first-order valence-corrected chi connectivity index (χ1v) is 8.13. The molecular formula is C17H13ClN6O2. The van der Waals surface area contributed by atoms with Crippen LogP contribution in [0.5, 0.6) is 5.75 Å². The number of H-pyrrole nitrogens is 1. The molecule has 0 unspecified atom stereocenters. The maximum absolute atomic E-state index is 12.3. The van der Waals surface area contributed by atoms with Crippen molar-refractivity contribution < 1.29 is 4.74 Å². The van der Waals surface area contributed by atoms with Crippen molar-refractivity contribution in [3.8, 4) is 17.3 Å². The zero-order valence-corrected chi connectivity index (χ0v) is 14.4. The van der Waals surface area contributed by atoms with Gasteiger partial charge in [0.15, 0.2) is 0 Å². The molecule has 130 valence electrons. The van der Waals surface area contributed by atoms with Gasteiger partial charge in [0.05, 0.1) is 11.9 Å². The highest BCUT2D eigenvalue weighted by Gasteiger charge is 2.12. The van der Waals surface area contributed by atoms with Crippen LogP contribution in [0.25, 0.3) is 17.3 Å². The van der Waals surface area contributed by atoms with E-state index in [-0.39, 0.29) is 12.2 Å². The minimum atomic E-state index is -0.317. The molecule has 1 N–H and O–H groups in total. The number of fused-ring (bicyclic) bond motifs is 1. The van der Waals surface area contributed by atoms with Gasteiger partial charge in [0, 0.05) is 29.0 Å². The Morgan fingerprint density at radius 2 is 2.19 bits per heavy atom. The number of aromatic nitrogens is 6. The predicted octanol–water partition coefficient (Wildman–Crippen LogP) is 2.42. The highest BCUT2D eigenvalue weighted by atomic mass is 35.5. The topological polar surface area (TPSA) is 98.1 Å². The minimum Gasteiger partial charge on any atom is -0.487 e. The fraction of sp³-hybridized carbons (Fsp3) is 0.118. The summed E-state index contributed by atoms with van der Waals surface area (Å²) in [5.41, 5.74) is 1.57. The van der Waals surface area contributed by atoms with Crippen LogP contribution in [0, 0.1) is 6.92 Å². The molecule has 26 heavy (non-hydrogen) atoms. The Kier molecular flexibility index (Phi) is 4.10. The van der Waals surface area contributed by atoms with Crippen LogP contribution in [0.2, 0.25) is 5.02 Å². The molecule has 0 atom stereocenters. The van der Waals surface area contributed by atoms with E-state index >= 15 is 0 Å². The number of halogens is 1. The van der Waals surface area contributed by atoms with Crippen LogP contribution in [-0.2, 0) is 6.61 Å². The Labute approximate surface area is 152 Å². The molecule has 0 saturated carbocycles. The van der Waals surface area contributed by atoms with Gasteiger partial charge in [-0.3, -0.25) is 9.78 Å². The molecular weight excluding hydrogens is 356 g/mol. The van der Waals surface area contributed by atoms with Crippen molar-refractivity contribution in [1.82, 2.24) is 29.5 Å². The molecule has 4 rings (SSSR count). The first kappa shape index (κ1) is 16.2. The fourth-order valence-corrected chi connectivity index (χ4v) is 2.60. The highest BCUT2D eigenvalue weighted by molar-refractivity contribution is 6.31. The van der Waals surface area contributed by atoms with E-state index in [2.05, 4.69) is 25.0 Å². The molecule has 8 nitrogen and oxygen atoms in total. The van der Waals surface area contributed by atoms with E-state index in [1.807, 2.05) is 19.1 Å². The van der Waals surface area contributed by atoms with Crippen LogP contribution in [0.15, 0.2) is 47.7 Å². The number of nitrogens with zero attached hydrogens (tertiary/aromatic N) is 5. The molecule has 0 amide bonds. The van der Waals surface area contributed by atoms with Crippen molar-refractivity contribution in [2.24, 2.45) is 0 Å². The maximum Gasteiger partial charge on any atom is 0.276 e. The van der Waals surface area contributed by atoms with Crippen LogP contribution in [-0.4, -0.2) is 29.5 Å². The van der Waals surface area contributed by atoms with Gasteiger partial charge in [0.1, 0.15) is 18.1 Å². The van der Waals surface area contributed by atoms with Crippen molar-refractivity contribution in [3.63, 3.8) is 0 Å². The Morgan fingerprint density at radius 3 is 3.00 bits per heavy atom. The molecule has 0 aliphatic heterocycles. The SMILES string of the molecule is Cc1c(Cl)cccc1OCc1cc(=O)n2nc(-c3cnccn3)nc2[nH]1. The summed E-state index contributed by atoms with van der Waals surface area (Å²) >= 11 is 6.09. The summed E-state index contributed by atoms with van der Waals surface area (Å²) in [6.07, 6.45) is 4.62. The number of hydrogen-bond donors (Lipinski definition) is 1. The Balaban J connectivity index is 1.65. The average molecular weight is 369 g/mol.